The Hall–Kier alpha value is -3.03. The third-order valence-corrected chi connectivity index (χ3v) is 4.75. The van der Waals surface area contributed by atoms with Gasteiger partial charge < -0.3 is 20.9 Å². The first kappa shape index (κ1) is 25.2. The second-order valence-corrected chi connectivity index (χ2v) is 7.78. The fourth-order valence-corrected chi connectivity index (χ4v) is 3.22. The highest BCUT2D eigenvalue weighted by molar-refractivity contribution is 5.93. The molecule has 178 valence electrons. The maximum absolute atomic E-state index is 13.0. The number of carbonyl (C=O) groups is 4. The average molecular weight is 463 g/mol. The lowest BCUT2D eigenvalue weighted by Gasteiger charge is -2.23. The summed E-state index contributed by atoms with van der Waals surface area (Å²) in [6, 6.07) is -1.42. The number of nitrogens with one attached hydrogen (secondary N) is 2. The molecule has 1 aromatic heterocycles. The van der Waals surface area contributed by atoms with Crippen molar-refractivity contribution >= 4 is 23.5 Å². The first-order chi connectivity index (χ1) is 14.9. The Kier molecular flexibility index (Phi) is 8.30. The molecule has 2 heterocycles. The minimum absolute atomic E-state index is 0.0713. The van der Waals surface area contributed by atoms with Crippen LogP contribution in [-0.4, -0.2) is 59.2 Å². The molecule has 0 aliphatic carbocycles. The number of hydrogen-bond acceptors (Lipinski definition) is 8. The summed E-state index contributed by atoms with van der Waals surface area (Å²) >= 11 is 0. The van der Waals surface area contributed by atoms with Crippen LogP contribution >= 0.6 is 0 Å². The van der Waals surface area contributed by atoms with Gasteiger partial charge in [-0.25, -0.2) is 0 Å². The van der Waals surface area contributed by atoms with Crippen LogP contribution in [0.4, 0.5) is 13.2 Å². The normalized spacial score (nSPS) is 18.3. The summed E-state index contributed by atoms with van der Waals surface area (Å²) in [6.07, 6.45) is -4.72. The third kappa shape index (κ3) is 7.28. The molecule has 14 heteroatoms. The minimum atomic E-state index is -5.04. The zero-order valence-corrected chi connectivity index (χ0v) is 17.4. The molecule has 0 unspecified atom stereocenters. The molecule has 2 rings (SSSR count). The van der Waals surface area contributed by atoms with Gasteiger partial charge in [0.15, 0.2) is 5.78 Å². The van der Waals surface area contributed by atoms with Gasteiger partial charge in [0.25, 0.3) is 11.7 Å². The van der Waals surface area contributed by atoms with Gasteiger partial charge in [0.05, 0.1) is 6.04 Å². The summed E-state index contributed by atoms with van der Waals surface area (Å²) in [5, 5.41) is 8.33. The fraction of sp³-hybridized carbons (Fsp3) is 0.667. The summed E-state index contributed by atoms with van der Waals surface area (Å²) in [5.41, 5.74) is 5.09. The number of hydrogen-bond donors (Lipinski definition) is 3. The SMILES string of the molecule is CC(C)C[C@H](C(=O)N[C@@H](C[C@@H]1CCNC1=O)C(=O)COC(F)(F)F)c1nc(C(N)=O)no1. The minimum Gasteiger partial charge on any atom is -0.363 e. The van der Waals surface area contributed by atoms with Crippen LogP contribution < -0.4 is 16.4 Å². The van der Waals surface area contributed by atoms with E-state index in [9.17, 15) is 32.3 Å². The number of primary amides is 1. The smallest absolute Gasteiger partial charge is 0.363 e. The Bertz CT molecular complexity index is 856. The molecule has 1 saturated heterocycles. The van der Waals surface area contributed by atoms with Gasteiger partial charge in [0.1, 0.15) is 12.5 Å². The van der Waals surface area contributed by atoms with Gasteiger partial charge in [0, 0.05) is 12.5 Å². The molecule has 0 bridgehead atoms. The number of ketones is 1. The summed E-state index contributed by atoms with van der Waals surface area (Å²) in [7, 11) is 0. The van der Waals surface area contributed by atoms with Crippen LogP contribution in [-0.2, 0) is 19.1 Å². The molecule has 1 fully saturated rings. The number of carbonyl (C=O) groups excluding carboxylic acids is 4. The predicted octanol–water partition coefficient (Wildman–Crippen LogP) is 0.415. The first-order valence-electron chi connectivity index (χ1n) is 9.82. The van der Waals surface area contributed by atoms with Crippen LogP contribution in [0, 0.1) is 11.8 Å². The molecule has 1 aliphatic heterocycles. The number of amides is 3. The maximum atomic E-state index is 13.0. The third-order valence-electron chi connectivity index (χ3n) is 4.75. The summed E-state index contributed by atoms with van der Waals surface area (Å²) < 4.78 is 45.7. The predicted molar refractivity (Wildman–Crippen MR) is 99.7 cm³/mol. The number of alkyl halides is 3. The van der Waals surface area contributed by atoms with Crippen molar-refractivity contribution in [1.82, 2.24) is 20.8 Å². The zero-order valence-electron chi connectivity index (χ0n) is 17.4. The molecule has 3 atom stereocenters. The van der Waals surface area contributed by atoms with E-state index in [1.807, 2.05) is 0 Å². The highest BCUT2D eigenvalue weighted by Gasteiger charge is 2.37. The molecule has 3 amide bonds. The van der Waals surface area contributed by atoms with Crippen molar-refractivity contribution in [1.29, 1.82) is 0 Å². The number of Topliss-reactive ketones (excluding diaryl/α,β-unsaturated/α-hetero) is 1. The van der Waals surface area contributed by atoms with E-state index in [4.69, 9.17) is 10.3 Å². The van der Waals surface area contributed by atoms with E-state index in [-0.39, 0.29) is 30.6 Å². The molecule has 0 radical (unpaired) electrons. The Morgan fingerprint density at radius 3 is 2.53 bits per heavy atom. The number of nitrogens with zero attached hydrogens (tertiary/aromatic N) is 2. The van der Waals surface area contributed by atoms with E-state index in [1.165, 1.54) is 0 Å². The molecular formula is C18H24F3N5O6. The summed E-state index contributed by atoms with van der Waals surface area (Å²) in [5.74, 6) is -5.71. The van der Waals surface area contributed by atoms with E-state index < -0.39 is 54.3 Å². The van der Waals surface area contributed by atoms with Gasteiger partial charge in [-0.3, -0.25) is 23.9 Å². The van der Waals surface area contributed by atoms with E-state index >= 15 is 0 Å². The second kappa shape index (κ2) is 10.5. The molecule has 0 aromatic carbocycles. The van der Waals surface area contributed by atoms with E-state index in [2.05, 4.69) is 25.5 Å². The Morgan fingerprint density at radius 1 is 1.34 bits per heavy atom. The van der Waals surface area contributed by atoms with Crippen LogP contribution in [0.25, 0.3) is 0 Å². The molecule has 32 heavy (non-hydrogen) atoms. The van der Waals surface area contributed by atoms with Gasteiger partial charge in [-0.2, -0.15) is 4.98 Å². The molecule has 0 spiro atoms. The number of aromatic nitrogens is 2. The van der Waals surface area contributed by atoms with E-state index in [1.54, 1.807) is 13.8 Å². The Balaban J connectivity index is 2.21. The van der Waals surface area contributed by atoms with Crippen LogP contribution in [0.5, 0.6) is 0 Å². The average Bonchev–Trinajstić information content (AvgIpc) is 3.32. The van der Waals surface area contributed by atoms with Crippen molar-refractivity contribution in [2.45, 2.75) is 51.4 Å². The lowest BCUT2D eigenvalue weighted by atomic mass is 9.93. The quantitative estimate of drug-likeness (QED) is 0.424. The Morgan fingerprint density at radius 2 is 2.03 bits per heavy atom. The van der Waals surface area contributed by atoms with Crippen molar-refractivity contribution in [3.05, 3.63) is 11.7 Å². The van der Waals surface area contributed by atoms with Crippen molar-refractivity contribution in [2.24, 2.45) is 17.6 Å². The molecular weight excluding hydrogens is 439 g/mol. The highest BCUT2D eigenvalue weighted by Crippen LogP contribution is 2.25. The largest absolute Gasteiger partial charge is 0.522 e. The maximum Gasteiger partial charge on any atom is 0.522 e. The van der Waals surface area contributed by atoms with Crippen LogP contribution in [0.2, 0.25) is 0 Å². The van der Waals surface area contributed by atoms with Gasteiger partial charge >= 0.3 is 6.36 Å². The number of ether oxygens (including phenoxy) is 1. The van der Waals surface area contributed by atoms with Crippen molar-refractivity contribution in [2.75, 3.05) is 13.2 Å². The van der Waals surface area contributed by atoms with Crippen LogP contribution in [0.1, 0.15) is 55.5 Å². The first-order valence-corrected chi connectivity index (χ1v) is 9.82. The lowest BCUT2D eigenvalue weighted by molar-refractivity contribution is -0.321. The number of nitrogens with two attached hydrogens (primary N) is 1. The number of rotatable bonds is 11. The Labute approximate surface area is 180 Å². The monoisotopic (exact) mass is 463 g/mol. The standard InChI is InChI=1S/C18H24F3N5O6/c1-8(2)5-10(17-25-14(13(22)28)26-32-17)16(30)24-11(6-9-3-4-23-15(9)29)12(27)7-31-18(19,20)21/h8-11H,3-7H2,1-2H3,(H2,22,28)(H,23,29)(H,24,30)/t9-,10+,11-/m0/s1. The van der Waals surface area contributed by atoms with Crippen LogP contribution in [0.15, 0.2) is 4.52 Å². The number of halogens is 3. The zero-order chi connectivity index (χ0) is 24.1. The molecule has 11 nitrogen and oxygen atoms in total. The van der Waals surface area contributed by atoms with E-state index in [0.717, 1.165) is 0 Å². The van der Waals surface area contributed by atoms with Crippen molar-refractivity contribution in [3.8, 4) is 0 Å². The molecule has 0 saturated carbocycles. The van der Waals surface area contributed by atoms with Crippen molar-refractivity contribution < 1.29 is 41.6 Å². The van der Waals surface area contributed by atoms with Gasteiger partial charge in [-0.15, -0.1) is 13.2 Å². The summed E-state index contributed by atoms with van der Waals surface area (Å²) in [4.78, 5) is 52.3. The topological polar surface area (TPSA) is 167 Å². The second-order valence-electron chi connectivity index (χ2n) is 7.78. The molecule has 1 aliphatic rings. The van der Waals surface area contributed by atoms with Crippen molar-refractivity contribution in [3.63, 3.8) is 0 Å². The molecule has 1 aromatic rings. The lowest BCUT2D eigenvalue weighted by Crippen LogP contribution is -2.46. The van der Waals surface area contributed by atoms with E-state index in [0.29, 0.717) is 13.0 Å². The van der Waals surface area contributed by atoms with Gasteiger partial charge in [-0.05, 0) is 25.2 Å². The van der Waals surface area contributed by atoms with Gasteiger partial charge in [0.2, 0.25) is 17.7 Å². The fourth-order valence-electron chi connectivity index (χ4n) is 3.22. The van der Waals surface area contributed by atoms with Gasteiger partial charge in [-0.1, -0.05) is 19.0 Å². The molecule has 4 N–H and O–H groups in total. The van der Waals surface area contributed by atoms with Crippen LogP contribution in [0.3, 0.4) is 0 Å². The summed E-state index contributed by atoms with van der Waals surface area (Å²) in [6.45, 7) is 2.60. The highest BCUT2D eigenvalue weighted by atomic mass is 19.4.